The van der Waals surface area contributed by atoms with Crippen LogP contribution in [0.1, 0.15) is 110 Å². The summed E-state index contributed by atoms with van der Waals surface area (Å²) in [4.78, 5) is 24.9. The fourth-order valence-corrected chi connectivity index (χ4v) is 6.94. The average Bonchev–Trinajstić information content (AvgIpc) is 2.90. The van der Waals surface area contributed by atoms with Crippen molar-refractivity contribution in [3.05, 3.63) is 24.3 Å². The summed E-state index contributed by atoms with van der Waals surface area (Å²) in [5.74, 6) is -1.50. The molecule has 1 rings (SSSR count). The van der Waals surface area contributed by atoms with Crippen LogP contribution in [-0.4, -0.2) is 56.4 Å². The third-order valence-electron chi connectivity index (χ3n) is 6.39. The molecule has 0 atom stereocenters. The van der Waals surface area contributed by atoms with Gasteiger partial charge in [0.25, 0.3) is 26.0 Å². The van der Waals surface area contributed by atoms with Crippen molar-refractivity contribution in [2.45, 2.75) is 115 Å². The van der Waals surface area contributed by atoms with Crippen LogP contribution in [0.4, 0.5) is 0 Å². The van der Waals surface area contributed by atoms with E-state index in [-0.39, 0.29) is 29.1 Å². The van der Waals surface area contributed by atoms with Gasteiger partial charge < -0.3 is 14.8 Å². The second-order valence-electron chi connectivity index (χ2n) is 9.82. The standard InChI is InChI=1S/C26H45BN2O8S2/c1-2-3-4-5-6-7-8-9-10-11-12-13-14-20-26(31)29(38(34,35)22-16-15-21-30)28-39(36,37)25-19-17-18-24(23-25)27(32)33/h17-19,21,23,28,32-33H,2-16,20,22H2,1H3. The number of carbonyl (C=O) groups is 2. The highest BCUT2D eigenvalue weighted by Crippen LogP contribution is 2.15. The Balaban J connectivity index is 2.64. The Labute approximate surface area is 234 Å². The fraction of sp³-hybridized carbons (Fsp3) is 0.692. The summed E-state index contributed by atoms with van der Waals surface area (Å²) in [5, 5.41) is 18.7. The number of aldehydes is 1. The minimum absolute atomic E-state index is 0.0523. The normalized spacial score (nSPS) is 11.9. The van der Waals surface area contributed by atoms with Gasteiger partial charge >= 0.3 is 7.12 Å². The second kappa shape index (κ2) is 19.3. The predicted molar refractivity (Wildman–Crippen MR) is 153 cm³/mol. The van der Waals surface area contributed by atoms with Crippen LogP contribution in [0.5, 0.6) is 0 Å². The molecule has 1 amide bonds. The molecule has 0 aromatic heterocycles. The number of hydrogen-bond acceptors (Lipinski definition) is 8. The lowest BCUT2D eigenvalue weighted by atomic mass is 9.81. The molecule has 0 bridgehead atoms. The third-order valence-corrected chi connectivity index (χ3v) is 9.46. The molecule has 0 saturated carbocycles. The Hall–Kier alpha value is -1.80. The van der Waals surface area contributed by atoms with E-state index < -0.39 is 43.7 Å². The lowest BCUT2D eigenvalue weighted by Gasteiger charge is -2.23. The number of unbranched alkanes of at least 4 members (excludes halogenated alkanes) is 13. The number of nitrogens with one attached hydrogen (secondary N) is 1. The first-order chi connectivity index (χ1) is 18.5. The highest BCUT2D eigenvalue weighted by molar-refractivity contribution is 7.92. The predicted octanol–water partition coefficient (Wildman–Crippen LogP) is 3.18. The van der Waals surface area contributed by atoms with Gasteiger partial charge in [-0.05, 0) is 30.4 Å². The monoisotopic (exact) mass is 588 g/mol. The lowest BCUT2D eigenvalue weighted by molar-refractivity contribution is -0.127. The van der Waals surface area contributed by atoms with Crippen molar-refractivity contribution in [1.82, 2.24) is 9.25 Å². The largest absolute Gasteiger partial charge is 0.488 e. The topological polar surface area (TPSA) is 158 Å². The first-order valence-corrected chi connectivity index (χ1v) is 17.1. The number of hydrazine groups is 1. The number of nitrogens with zero attached hydrogens (tertiary/aromatic N) is 1. The van der Waals surface area contributed by atoms with E-state index in [2.05, 4.69) is 6.92 Å². The summed E-state index contributed by atoms with van der Waals surface area (Å²) in [6, 6.07) is 4.67. The molecule has 222 valence electrons. The maximum absolute atomic E-state index is 12.9. The zero-order valence-corrected chi connectivity index (χ0v) is 24.7. The van der Waals surface area contributed by atoms with E-state index in [0.717, 1.165) is 31.4 Å². The molecule has 3 N–H and O–H groups in total. The van der Waals surface area contributed by atoms with Crippen molar-refractivity contribution >= 4 is 44.8 Å². The Morgan fingerprint density at radius 2 is 1.41 bits per heavy atom. The van der Waals surface area contributed by atoms with Crippen LogP contribution in [0.15, 0.2) is 29.2 Å². The number of amides is 1. The molecule has 0 heterocycles. The quantitative estimate of drug-likeness (QED) is 0.0761. The van der Waals surface area contributed by atoms with Gasteiger partial charge in [-0.15, -0.1) is 4.83 Å². The van der Waals surface area contributed by atoms with E-state index in [1.54, 1.807) is 0 Å². The van der Waals surface area contributed by atoms with Crippen LogP contribution in [0.2, 0.25) is 0 Å². The van der Waals surface area contributed by atoms with Gasteiger partial charge in [-0.3, -0.25) is 4.79 Å². The van der Waals surface area contributed by atoms with Gasteiger partial charge in [-0.1, -0.05) is 96.1 Å². The number of hydrogen-bond donors (Lipinski definition) is 3. The molecule has 0 aliphatic rings. The van der Waals surface area contributed by atoms with Crippen molar-refractivity contribution < 1.29 is 36.5 Å². The first kappa shape index (κ1) is 35.2. The average molecular weight is 589 g/mol. The van der Waals surface area contributed by atoms with Gasteiger partial charge in [0.15, 0.2) is 0 Å². The number of benzene rings is 1. The Morgan fingerprint density at radius 3 is 1.92 bits per heavy atom. The molecule has 0 aliphatic carbocycles. The van der Waals surface area contributed by atoms with Crippen LogP contribution in [0, 0.1) is 0 Å². The maximum Gasteiger partial charge on any atom is 0.488 e. The summed E-state index contributed by atoms with van der Waals surface area (Å²) in [6.45, 7) is 2.21. The molecule has 13 heteroatoms. The summed E-state index contributed by atoms with van der Waals surface area (Å²) >= 11 is 0. The van der Waals surface area contributed by atoms with Gasteiger partial charge in [0.1, 0.15) is 6.29 Å². The van der Waals surface area contributed by atoms with Crippen molar-refractivity contribution in [2.75, 3.05) is 5.75 Å². The van der Waals surface area contributed by atoms with E-state index in [9.17, 15) is 36.5 Å². The van der Waals surface area contributed by atoms with Gasteiger partial charge in [0.05, 0.1) is 10.6 Å². The van der Waals surface area contributed by atoms with Crippen molar-refractivity contribution in [3.63, 3.8) is 0 Å². The summed E-state index contributed by atoms with van der Waals surface area (Å²) in [5.41, 5.74) is -0.114. The molecule has 0 aliphatic heterocycles. The van der Waals surface area contributed by atoms with Gasteiger partial charge in [-0.2, -0.15) is 4.41 Å². The molecular weight excluding hydrogens is 543 g/mol. The van der Waals surface area contributed by atoms with Crippen LogP contribution in [-0.2, 0) is 29.6 Å². The number of carbonyl (C=O) groups excluding carboxylic acids is 2. The maximum atomic E-state index is 12.9. The zero-order chi connectivity index (χ0) is 29.2. The SMILES string of the molecule is CCCCCCCCCCCCCCCC(=O)N(NS(=O)(=O)c1cccc(B(O)O)c1)S(=O)(=O)CCCC=O. The lowest BCUT2D eigenvalue weighted by Crippen LogP contribution is -2.50. The molecule has 10 nitrogen and oxygen atoms in total. The minimum Gasteiger partial charge on any atom is -0.423 e. The van der Waals surface area contributed by atoms with Crippen LogP contribution in [0.25, 0.3) is 0 Å². The molecule has 1 aromatic carbocycles. The number of rotatable bonds is 23. The Morgan fingerprint density at radius 1 is 0.872 bits per heavy atom. The first-order valence-electron chi connectivity index (χ1n) is 14.0. The fourth-order valence-electron chi connectivity index (χ4n) is 4.10. The highest BCUT2D eigenvalue weighted by atomic mass is 32.2. The molecular formula is C26H45BN2O8S2. The van der Waals surface area contributed by atoms with Gasteiger partial charge in [-0.25, -0.2) is 16.8 Å². The van der Waals surface area contributed by atoms with Crippen LogP contribution in [0.3, 0.4) is 0 Å². The third kappa shape index (κ3) is 14.4. The zero-order valence-electron chi connectivity index (χ0n) is 23.1. The van der Waals surface area contributed by atoms with Crippen LogP contribution >= 0.6 is 0 Å². The Kier molecular flexibility index (Phi) is 17.4. The van der Waals surface area contributed by atoms with Crippen molar-refractivity contribution in [3.8, 4) is 0 Å². The van der Waals surface area contributed by atoms with Crippen molar-refractivity contribution in [2.24, 2.45) is 0 Å². The molecule has 0 unspecified atom stereocenters. The van der Waals surface area contributed by atoms with Gasteiger partial charge in [0.2, 0.25) is 0 Å². The summed E-state index contributed by atoms with van der Waals surface area (Å²) in [6.07, 6.45) is 14.5. The van der Waals surface area contributed by atoms with E-state index >= 15 is 0 Å². The van der Waals surface area contributed by atoms with E-state index in [4.69, 9.17) is 0 Å². The molecule has 0 spiro atoms. The highest BCUT2D eigenvalue weighted by Gasteiger charge is 2.32. The van der Waals surface area contributed by atoms with Crippen LogP contribution < -0.4 is 10.3 Å². The summed E-state index contributed by atoms with van der Waals surface area (Å²) in [7, 11) is -10.9. The molecule has 0 saturated heterocycles. The molecule has 1 aromatic rings. The molecule has 39 heavy (non-hydrogen) atoms. The van der Waals surface area contributed by atoms with Crippen molar-refractivity contribution in [1.29, 1.82) is 0 Å². The van der Waals surface area contributed by atoms with E-state index in [0.29, 0.717) is 19.1 Å². The summed E-state index contributed by atoms with van der Waals surface area (Å²) < 4.78 is 51.6. The number of sulfonamides is 2. The van der Waals surface area contributed by atoms with E-state index in [1.165, 1.54) is 63.5 Å². The minimum atomic E-state index is -4.55. The van der Waals surface area contributed by atoms with E-state index in [1.807, 2.05) is 4.83 Å². The smallest absolute Gasteiger partial charge is 0.423 e. The Bertz CT molecular complexity index is 1070. The second-order valence-corrected chi connectivity index (χ2v) is 13.4. The molecule has 0 fully saturated rings. The van der Waals surface area contributed by atoms with Gasteiger partial charge in [0, 0.05) is 12.8 Å². The molecule has 0 radical (unpaired) electrons.